The number of aliphatic hydroxyl groups is 1. The molecule has 5 unspecified atom stereocenters. The molecule has 5 rings (SSSR count). The van der Waals surface area contributed by atoms with Crippen molar-refractivity contribution in [3.8, 4) is 0 Å². The SMILES string of the molecule is C=C(O)C(C(=O)N(c1ccccc1)C1CC2CCCC(C1)N2C1CC2CCCC(C2)C1)C(C)C. The third-order valence-corrected chi connectivity index (χ3v) is 9.46. The van der Waals surface area contributed by atoms with Gasteiger partial charge in [-0.15, -0.1) is 0 Å². The lowest BCUT2D eigenvalue weighted by atomic mass is 9.68. The predicted octanol–water partition coefficient (Wildman–Crippen LogP) is 6.72. The number of amides is 1. The Labute approximate surface area is 206 Å². The standard InChI is InChI=1S/C30H44N2O2/c1-20(2)29(21(3)33)30(34)32(24-11-5-4-6-12-24)28-18-25-13-8-14-26(19-28)31(25)27-16-22-9-7-10-23(15-22)17-27/h4-6,11-12,20,22-23,25-29,33H,3,7-10,13-19H2,1-2H3. The van der Waals surface area contributed by atoms with Crippen molar-refractivity contribution in [3.05, 3.63) is 42.7 Å². The maximum atomic E-state index is 14.0. The zero-order valence-corrected chi connectivity index (χ0v) is 21.2. The summed E-state index contributed by atoms with van der Waals surface area (Å²) in [4.78, 5) is 18.9. The van der Waals surface area contributed by atoms with Crippen LogP contribution in [0.3, 0.4) is 0 Å². The minimum atomic E-state index is -0.559. The number of anilines is 1. The summed E-state index contributed by atoms with van der Waals surface area (Å²) in [6.45, 7) is 7.79. The highest BCUT2D eigenvalue weighted by Crippen LogP contribution is 2.46. The molecule has 4 nitrogen and oxygen atoms in total. The lowest BCUT2D eigenvalue weighted by Crippen LogP contribution is -2.62. The minimum Gasteiger partial charge on any atom is -0.512 e. The van der Waals surface area contributed by atoms with Crippen LogP contribution < -0.4 is 4.90 Å². The van der Waals surface area contributed by atoms with E-state index in [0.717, 1.165) is 36.4 Å². The van der Waals surface area contributed by atoms with E-state index in [9.17, 15) is 9.90 Å². The van der Waals surface area contributed by atoms with Crippen molar-refractivity contribution in [2.45, 2.75) is 109 Å². The van der Waals surface area contributed by atoms with Crippen molar-refractivity contribution in [2.24, 2.45) is 23.7 Å². The number of carbonyl (C=O) groups excluding carboxylic acids is 1. The van der Waals surface area contributed by atoms with Gasteiger partial charge in [0.1, 0.15) is 0 Å². The van der Waals surface area contributed by atoms with Crippen LogP contribution in [-0.2, 0) is 4.79 Å². The van der Waals surface area contributed by atoms with Crippen molar-refractivity contribution in [3.63, 3.8) is 0 Å². The van der Waals surface area contributed by atoms with Gasteiger partial charge in [-0.05, 0) is 74.8 Å². The monoisotopic (exact) mass is 464 g/mol. The molecule has 2 saturated heterocycles. The Morgan fingerprint density at radius 2 is 1.50 bits per heavy atom. The maximum Gasteiger partial charge on any atom is 0.238 e. The molecular weight excluding hydrogens is 420 g/mol. The van der Waals surface area contributed by atoms with Crippen LogP contribution in [0, 0.1) is 23.7 Å². The third-order valence-electron chi connectivity index (χ3n) is 9.46. The van der Waals surface area contributed by atoms with Crippen molar-refractivity contribution >= 4 is 11.6 Å². The molecule has 2 aliphatic heterocycles. The van der Waals surface area contributed by atoms with E-state index in [-0.39, 0.29) is 23.6 Å². The second-order valence-electron chi connectivity index (χ2n) is 12.1. The Morgan fingerprint density at radius 3 is 2.06 bits per heavy atom. The first-order valence-corrected chi connectivity index (χ1v) is 14.0. The van der Waals surface area contributed by atoms with E-state index in [1.54, 1.807) is 0 Å². The number of piperidine rings is 2. The smallest absolute Gasteiger partial charge is 0.238 e. The zero-order chi connectivity index (χ0) is 23.8. The predicted molar refractivity (Wildman–Crippen MR) is 139 cm³/mol. The molecule has 5 atom stereocenters. The molecule has 2 aliphatic carbocycles. The molecule has 1 amide bonds. The normalized spacial score (nSPS) is 34.4. The van der Waals surface area contributed by atoms with Crippen LogP contribution in [0.4, 0.5) is 5.69 Å². The number of benzene rings is 1. The average molecular weight is 465 g/mol. The first kappa shape index (κ1) is 23.9. The molecule has 1 N–H and O–H groups in total. The molecule has 4 bridgehead atoms. The van der Waals surface area contributed by atoms with Gasteiger partial charge in [0.2, 0.25) is 5.91 Å². The number of hydrogen-bond acceptors (Lipinski definition) is 3. The summed E-state index contributed by atoms with van der Waals surface area (Å²) >= 11 is 0. The topological polar surface area (TPSA) is 43.8 Å². The third kappa shape index (κ3) is 4.67. The fourth-order valence-corrected chi connectivity index (χ4v) is 8.20. The van der Waals surface area contributed by atoms with E-state index in [0.29, 0.717) is 12.1 Å². The van der Waals surface area contributed by atoms with Crippen LogP contribution in [0.1, 0.15) is 84.5 Å². The number of nitrogens with zero attached hydrogens (tertiary/aromatic N) is 2. The number of carbonyl (C=O) groups is 1. The van der Waals surface area contributed by atoms with Gasteiger partial charge in [-0.2, -0.15) is 0 Å². The van der Waals surface area contributed by atoms with E-state index in [1.807, 2.05) is 36.9 Å². The molecule has 2 heterocycles. The molecule has 0 spiro atoms. The molecule has 186 valence electrons. The van der Waals surface area contributed by atoms with Gasteiger partial charge >= 0.3 is 0 Å². The van der Waals surface area contributed by atoms with Crippen molar-refractivity contribution in [1.29, 1.82) is 0 Å². The van der Waals surface area contributed by atoms with Gasteiger partial charge in [0.05, 0.1) is 11.7 Å². The number of para-hydroxylation sites is 1. The molecule has 4 heteroatoms. The van der Waals surface area contributed by atoms with Crippen LogP contribution in [0.2, 0.25) is 0 Å². The second-order valence-corrected chi connectivity index (χ2v) is 12.1. The van der Waals surface area contributed by atoms with Gasteiger partial charge in [0.15, 0.2) is 0 Å². The van der Waals surface area contributed by atoms with Gasteiger partial charge in [0, 0.05) is 29.9 Å². The van der Waals surface area contributed by atoms with E-state index < -0.39 is 5.92 Å². The van der Waals surface area contributed by atoms with Gasteiger partial charge in [-0.1, -0.05) is 64.3 Å². The largest absolute Gasteiger partial charge is 0.512 e. The number of aliphatic hydroxyl groups excluding tert-OH is 1. The van der Waals surface area contributed by atoms with Crippen LogP contribution in [-0.4, -0.2) is 40.1 Å². The summed E-state index contributed by atoms with van der Waals surface area (Å²) < 4.78 is 0. The van der Waals surface area contributed by atoms with Crippen molar-refractivity contribution in [1.82, 2.24) is 4.90 Å². The lowest BCUT2D eigenvalue weighted by Gasteiger charge is -2.56. The van der Waals surface area contributed by atoms with E-state index in [1.165, 1.54) is 57.8 Å². The second kappa shape index (κ2) is 10.0. The molecule has 1 aromatic rings. The minimum absolute atomic E-state index is 0.00712. The van der Waals surface area contributed by atoms with Gasteiger partial charge in [-0.25, -0.2) is 0 Å². The summed E-state index contributed by atoms with van der Waals surface area (Å²) in [6.07, 6.45) is 14.5. The summed E-state index contributed by atoms with van der Waals surface area (Å²) in [5, 5.41) is 10.3. The average Bonchev–Trinajstić information content (AvgIpc) is 2.78. The number of fused-ring (bicyclic) bond motifs is 4. The van der Waals surface area contributed by atoms with Crippen LogP contribution >= 0.6 is 0 Å². The quantitative estimate of drug-likeness (QED) is 0.475. The highest BCUT2D eigenvalue weighted by Gasteiger charge is 2.47. The van der Waals surface area contributed by atoms with Gasteiger partial charge < -0.3 is 10.0 Å². The van der Waals surface area contributed by atoms with Gasteiger partial charge in [0.25, 0.3) is 0 Å². The number of rotatable bonds is 6. The Bertz CT molecular complexity index is 842. The van der Waals surface area contributed by atoms with Gasteiger partial charge in [-0.3, -0.25) is 9.69 Å². The van der Waals surface area contributed by atoms with Crippen molar-refractivity contribution in [2.75, 3.05) is 4.90 Å². The molecule has 1 aromatic carbocycles. The Hall–Kier alpha value is -1.81. The van der Waals surface area contributed by atoms with E-state index in [4.69, 9.17) is 0 Å². The maximum absolute atomic E-state index is 14.0. The molecule has 0 aromatic heterocycles. The van der Waals surface area contributed by atoms with E-state index >= 15 is 0 Å². The molecule has 2 saturated carbocycles. The summed E-state index contributed by atoms with van der Waals surface area (Å²) in [5.74, 6) is 1.35. The van der Waals surface area contributed by atoms with Crippen LogP contribution in [0.15, 0.2) is 42.7 Å². The highest BCUT2D eigenvalue weighted by molar-refractivity contribution is 5.97. The van der Waals surface area contributed by atoms with Crippen LogP contribution in [0.5, 0.6) is 0 Å². The summed E-state index contributed by atoms with van der Waals surface area (Å²) in [5.41, 5.74) is 0.961. The summed E-state index contributed by atoms with van der Waals surface area (Å²) in [7, 11) is 0. The van der Waals surface area contributed by atoms with E-state index in [2.05, 4.69) is 23.6 Å². The Balaban J connectivity index is 1.41. The fraction of sp³-hybridized carbons (Fsp3) is 0.700. The van der Waals surface area contributed by atoms with Crippen LogP contribution in [0.25, 0.3) is 0 Å². The Kier molecular flexibility index (Phi) is 7.07. The first-order chi connectivity index (χ1) is 16.4. The molecule has 0 radical (unpaired) electrons. The molecule has 4 fully saturated rings. The molecule has 4 aliphatic rings. The number of hydrogen-bond donors (Lipinski definition) is 1. The lowest BCUT2D eigenvalue weighted by molar-refractivity contribution is -0.124. The fourth-order valence-electron chi connectivity index (χ4n) is 8.20. The van der Waals surface area contributed by atoms with Crippen molar-refractivity contribution < 1.29 is 9.90 Å². The summed E-state index contributed by atoms with van der Waals surface area (Å²) in [6, 6.07) is 12.3. The first-order valence-electron chi connectivity index (χ1n) is 14.0. The zero-order valence-electron chi connectivity index (χ0n) is 21.2. The Morgan fingerprint density at radius 1 is 0.912 bits per heavy atom. The molecule has 34 heavy (non-hydrogen) atoms. The molecular formula is C30H44N2O2. The highest BCUT2D eigenvalue weighted by atomic mass is 16.3.